The van der Waals surface area contributed by atoms with Crippen molar-refractivity contribution in [3.63, 3.8) is 0 Å². The Morgan fingerprint density at radius 2 is 1.53 bits per heavy atom. The van der Waals surface area contributed by atoms with E-state index in [-0.39, 0.29) is 6.35 Å². The van der Waals surface area contributed by atoms with Crippen LogP contribution in [0.4, 0.5) is 0 Å². The summed E-state index contributed by atoms with van der Waals surface area (Å²) >= 11 is 0. The smallest absolute Gasteiger partial charge is 0.268 e. The Hall–Kier alpha value is -1.57. The minimum absolute atomic E-state index is 0.0505. The fraction of sp³-hybridized carbons (Fsp3) is 0.200. The lowest BCUT2D eigenvalue weighted by Gasteiger charge is -2.18. The van der Waals surface area contributed by atoms with Crippen molar-refractivity contribution in [1.82, 2.24) is 0 Å². The zero-order valence-electron chi connectivity index (χ0n) is 10.9. The summed E-state index contributed by atoms with van der Waals surface area (Å²) in [5, 5.41) is 0.688. The molecule has 0 aliphatic heterocycles. The van der Waals surface area contributed by atoms with Crippen LogP contribution in [0.1, 0.15) is 6.92 Å². The normalized spacial score (nSPS) is 13.7. The Morgan fingerprint density at radius 3 is 2.11 bits per heavy atom. The monoisotopic (exact) mass is 276 g/mol. The molecule has 2 aromatic rings. The summed E-state index contributed by atoms with van der Waals surface area (Å²) in [5.74, 6) is 0.693. The Morgan fingerprint density at radius 1 is 0.947 bits per heavy atom. The van der Waals surface area contributed by atoms with Crippen LogP contribution in [0.2, 0.25) is 0 Å². The fourth-order valence-electron chi connectivity index (χ4n) is 1.73. The average Bonchev–Trinajstić information content (AvgIpc) is 2.48. The quantitative estimate of drug-likeness (QED) is 0.755. The van der Waals surface area contributed by atoms with Gasteiger partial charge in [-0.3, -0.25) is 4.57 Å². The van der Waals surface area contributed by atoms with E-state index in [1.54, 1.807) is 0 Å². The molecule has 1 atom stereocenters. The molecule has 19 heavy (non-hydrogen) atoms. The van der Waals surface area contributed by atoms with Crippen LogP contribution in [0.3, 0.4) is 0 Å². The van der Waals surface area contributed by atoms with Gasteiger partial charge in [0.2, 0.25) is 0 Å². The minimum Gasteiger partial charge on any atom is -0.483 e. The zero-order chi connectivity index (χ0) is 13.6. The van der Waals surface area contributed by atoms with Crippen LogP contribution in [0.5, 0.6) is 5.75 Å². The van der Waals surface area contributed by atoms with Crippen molar-refractivity contribution in [3.05, 3.63) is 60.7 Å². The highest BCUT2D eigenvalue weighted by atomic mass is 31.2. The SMILES string of the molecule is CCOP(=O)(COc1ccccc1)c1ccccc1. The van der Waals surface area contributed by atoms with E-state index in [4.69, 9.17) is 9.26 Å². The van der Waals surface area contributed by atoms with Crippen molar-refractivity contribution >= 4 is 12.7 Å². The molecule has 1 unspecified atom stereocenters. The zero-order valence-corrected chi connectivity index (χ0v) is 11.8. The lowest BCUT2D eigenvalue weighted by molar-refractivity contribution is 0.300. The second kappa shape index (κ2) is 6.55. The molecular formula is C15H17O3P. The molecule has 2 aromatic carbocycles. The van der Waals surface area contributed by atoms with Crippen LogP contribution < -0.4 is 10.0 Å². The molecule has 2 rings (SSSR count). The van der Waals surface area contributed by atoms with Gasteiger partial charge in [0, 0.05) is 5.30 Å². The summed E-state index contributed by atoms with van der Waals surface area (Å²) in [6.45, 7) is 2.22. The van der Waals surface area contributed by atoms with Gasteiger partial charge in [-0.05, 0) is 31.2 Å². The predicted molar refractivity (Wildman–Crippen MR) is 77.2 cm³/mol. The maximum Gasteiger partial charge on any atom is 0.268 e. The van der Waals surface area contributed by atoms with E-state index in [1.165, 1.54) is 0 Å². The summed E-state index contributed by atoms with van der Waals surface area (Å²) in [4.78, 5) is 0. The molecule has 0 aliphatic rings. The van der Waals surface area contributed by atoms with Crippen molar-refractivity contribution < 1.29 is 13.8 Å². The third kappa shape index (κ3) is 3.69. The third-order valence-corrected chi connectivity index (χ3v) is 4.86. The molecule has 0 radical (unpaired) electrons. The summed E-state index contributed by atoms with van der Waals surface area (Å²) in [6.07, 6.45) is 0.0505. The van der Waals surface area contributed by atoms with Crippen molar-refractivity contribution in [1.29, 1.82) is 0 Å². The van der Waals surface area contributed by atoms with Crippen molar-refractivity contribution in [2.24, 2.45) is 0 Å². The first-order valence-corrected chi connectivity index (χ1v) is 8.02. The number of para-hydroxylation sites is 1. The molecule has 0 aromatic heterocycles. The van der Waals surface area contributed by atoms with E-state index in [2.05, 4.69) is 0 Å². The Bertz CT molecular complexity index is 540. The molecule has 0 fully saturated rings. The molecule has 3 nitrogen and oxygen atoms in total. The molecule has 100 valence electrons. The van der Waals surface area contributed by atoms with Gasteiger partial charge in [-0.1, -0.05) is 36.4 Å². The first kappa shape index (κ1) is 13.9. The molecule has 0 heterocycles. The lowest BCUT2D eigenvalue weighted by Crippen LogP contribution is -2.13. The third-order valence-electron chi connectivity index (χ3n) is 2.63. The largest absolute Gasteiger partial charge is 0.483 e. The molecule has 0 N–H and O–H groups in total. The van der Waals surface area contributed by atoms with Crippen LogP contribution in [0.15, 0.2) is 60.7 Å². The fourth-order valence-corrected chi connectivity index (χ4v) is 3.46. The second-order valence-corrected chi connectivity index (χ2v) is 6.39. The summed E-state index contributed by atoms with van der Waals surface area (Å²) in [5.41, 5.74) is 0. The molecule has 0 spiro atoms. The Labute approximate surface area is 113 Å². The summed E-state index contributed by atoms with van der Waals surface area (Å²) in [7, 11) is -2.96. The average molecular weight is 276 g/mol. The minimum atomic E-state index is -2.96. The molecule has 0 saturated carbocycles. The number of hydrogen-bond donors (Lipinski definition) is 0. The van der Waals surface area contributed by atoms with E-state index in [9.17, 15) is 4.57 Å². The molecule has 0 bridgehead atoms. The first-order chi connectivity index (χ1) is 9.24. The van der Waals surface area contributed by atoms with E-state index in [0.717, 1.165) is 0 Å². The van der Waals surface area contributed by atoms with E-state index < -0.39 is 7.37 Å². The predicted octanol–water partition coefficient (Wildman–Crippen LogP) is 3.66. The van der Waals surface area contributed by atoms with Crippen LogP contribution >= 0.6 is 7.37 Å². The maximum absolute atomic E-state index is 12.8. The lowest BCUT2D eigenvalue weighted by atomic mass is 10.3. The molecular weight excluding hydrogens is 259 g/mol. The number of benzene rings is 2. The van der Waals surface area contributed by atoms with Crippen LogP contribution in [-0.2, 0) is 9.09 Å². The van der Waals surface area contributed by atoms with Gasteiger partial charge in [0.05, 0.1) is 6.61 Å². The van der Waals surface area contributed by atoms with Gasteiger partial charge in [-0.25, -0.2) is 0 Å². The molecule has 0 amide bonds. The van der Waals surface area contributed by atoms with E-state index >= 15 is 0 Å². The molecule has 4 heteroatoms. The van der Waals surface area contributed by atoms with E-state index in [0.29, 0.717) is 17.7 Å². The topological polar surface area (TPSA) is 35.5 Å². The van der Waals surface area contributed by atoms with Crippen molar-refractivity contribution in [2.45, 2.75) is 6.92 Å². The van der Waals surface area contributed by atoms with Gasteiger partial charge >= 0.3 is 0 Å². The van der Waals surface area contributed by atoms with Gasteiger partial charge in [0.15, 0.2) is 6.35 Å². The van der Waals surface area contributed by atoms with Gasteiger partial charge in [0.1, 0.15) is 5.75 Å². The van der Waals surface area contributed by atoms with Gasteiger partial charge in [0.25, 0.3) is 7.37 Å². The van der Waals surface area contributed by atoms with Crippen molar-refractivity contribution in [2.75, 3.05) is 13.0 Å². The molecule has 0 saturated heterocycles. The second-order valence-electron chi connectivity index (χ2n) is 4.01. The summed E-state index contributed by atoms with van der Waals surface area (Å²) < 4.78 is 23.9. The Balaban J connectivity index is 2.14. The number of hydrogen-bond acceptors (Lipinski definition) is 3. The standard InChI is InChI=1S/C15H17O3P/c1-2-18-19(16,15-11-7-4-8-12-15)13-17-14-9-5-3-6-10-14/h3-12H,2,13H2,1H3. The highest BCUT2D eigenvalue weighted by Crippen LogP contribution is 2.45. The Kier molecular flexibility index (Phi) is 4.78. The molecule has 0 aliphatic carbocycles. The van der Waals surface area contributed by atoms with Crippen LogP contribution in [0, 0.1) is 0 Å². The van der Waals surface area contributed by atoms with Crippen LogP contribution in [0.25, 0.3) is 0 Å². The number of rotatable bonds is 6. The maximum atomic E-state index is 12.8. The highest BCUT2D eigenvalue weighted by molar-refractivity contribution is 7.66. The van der Waals surface area contributed by atoms with E-state index in [1.807, 2.05) is 67.6 Å². The summed E-state index contributed by atoms with van der Waals surface area (Å²) in [6, 6.07) is 18.5. The van der Waals surface area contributed by atoms with Gasteiger partial charge in [-0.2, -0.15) is 0 Å². The van der Waals surface area contributed by atoms with Crippen molar-refractivity contribution in [3.8, 4) is 5.75 Å². The number of ether oxygens (including phenoxy) is 1. The highest BCUT2D eigenvalue weighted by Gasteiger charge is 2.26. The van der Waals surface area contributed by atoms with Crippen LogP contribution in [-0.4, -0.2) is 13.0 Å². The first-order valence-electron chi connectivity index (χ1n) is 6.21. The van der Waals surface area contributed by atoms with Gasteiger partial charge in [-0.15, -0.1) is 0 Å². The van der Waals surface area contributed by atoms with Gasteiger partial charge < -0.3 is 9.26 Å².